The van der Waals surface area contributed by atoms with Crippen LogP contribution in [0.25, 0.3) is 0 Å². The van der Waals surface area contributed by atoms with E-state index in [2.05, 4.69) is 10.6 Å². The van der Waals surface area contributed by atoms with Crippen LogP contribution in [-0.4, -0.2) is 18.4 Å². The molecule has 1 aliphatic heterocycles. The Bertz CT molecular complexity index is 746. The third-order valence-electron chi connectivity index (χ3n) is 3.19. The molecule has 22 heavy (non-hydrogen) atoms. The number of hydrogen-bond acceptors (Lipinski definition) is 3. The number of ether oxygens (including phenoxy) is 1. The first-order valence-electron chi connectivity index (χ1n) is 6.72. The van der Waals surface area contributed by atoms with E-state index >= 15 is 0 Å². The maximum absolute atomic E-state index is 13.5. The molecule has 0 saturated carbocycles. The van der Waals surface area contributed by atoms with Crippen LogP contribution in [-0.2, 0) is 16.0 Å². The quantitative estimate of drug-likeness (QED) is 0.914. The van der Waals surface area contributed by atoms with Gasteiger partial charge in [0.15, 0.2) is 6.61 Å². The molecule has 0 saturated heterocycles. The van der Waals surface area contributed by atoms with Gasteiger partial charge >= 0.3 is 0 Å². The molecule has 6 heteroatoms. The van der Waals surface area contributed by atoms with Crippen molar-refractivity contribution in [2.45, 2.75) is 6.42 Å². The first-order chi connectivity index (χ1) is 10.6. The third kappa shape index (κ3) is 3.06. The second-order valence-corrected chi connectivity index (χ2v) is 4.87. The van der Waals surface area contributed by atoms with Crippen molar-refractivity contribution in [3.63, 3.8) is 0 Å². The molecule has 2 aromatic carbocycles. The van der Waals surface area contributed by atoms with E-state index in [1.54, 1.807) is 30.3 Å². The van der Waals surface area contributed by atoms with Gasteiger partial charge in [-0.05, 0) is 29.8 Å². The average Bonchev–Trinajstić information content (AvgIpc) is 2.49. The minimum absolute atomic E-state index is 0.0138. The molecular weight excluding hydrogens is 287 g/mol. The van der Waals surface area contributed by atoms with Gasteiger partial charge in [0.25, 0.3) is 5.91 Å². The Morgan fingerprint density at radius 2 is 2.09 bits per heavy atom. The van der Waals surface area contributed by atoms with E-state index in [9.17, 15) is 14.0 Å². The highest BCUT2D eigenvalue weighted by Crippen LogP contribution is 2.28. The number of anilines is 2. The van der Waals surface area contributed by atoms with Crippen molar-refractivity contribution in [3.05, 3.63) is 53.8 Å². The Balaban J connectivity index is 1.71. The minimum atomic E-state index is -0.484. The lowest BCUT2D eigenvalue weighted by atomic mass is 10.1. The maximum Gasteiger partial charge on any atom is 0.262 e. The van der Waals surface area contributed by atoms with Crippen molar-refractivity contribution in [2.24, 2.45) is 0 Å². The van der Waals surface area contributed by atoms with Crippen LogP contribution < -0.4 is 15.4 Å². The topological polar surface area (TPSA) is 67.4 Å². The van der Waals surface area contributed by atoms with Gasteiger partial charge in [0.05, 0.1) is 17.8 Å². The van der Waals surface area contributed by atoms with Crippen molar-refractivity contribution >= 4 is 23.2 Å². The molecule has 0 aromatic heterocycles. The molecule has 1 aliphatic rings. The van der Waals surface area contributed by atoms with Gasteiger partial charge in [-0.25, -0.2) is 4.39 Å². The molecule has 0 aliphatic carbocycles. The number of amides is 2. The van der Waals surface area contributed by atoms with Gasteiger partial charge in [0.2, 0.25) is 5.91 Å². The number of halogens is 1. The SMILES string of the molecule is O=C(Cc1ccc2c(c1)NC(=O)CO2)Nc1ccccc1F. The van der Waals surface area contributed by atoms with Crippen LogP contribution in [0.15, 0.2) is 42.5 Å². The molecule has 2 N–H and O–H groups in total. The second-order valence-electron chi connectivity index (χ2n) is 4.87. The summed E-state index contributed by atoms with van der Waals surface area (Å²) >= 11 is 0. The number of hydrogen-bond donors (Lipinski definition) is 2. The van der Waals surface area contributed by atoms with Crippen LogP contribution in [0.4, 0.5) is 15.8 Å². The molecule has 2 aromatic rings. The van der Waals surface area contributed by atoms with Crippen LogP contribution >= 0.6 is 0 Å². The smallest absolute Gasteiger partial charge is 0.262 e. The lowest BCUT2D eigenvalue weighted by Gasteiger charge is -2.18. The van der Waals surface area contributed by atoms with Gasteiger partial charge < -0.3 is 15.4 Å². The lowest BCUT2D eigenvalue weighted by Crippen LogP contribution is -2.25. The molecule has 1 heterocycles. The normalized spacial score (nSPS) is 12.9. The first kappa shape index (κ1) is 14.1. The van der Waals surface area contributed by atoms with Gasteiger partial charge in [-0.1, -0.05) is 18.2 Å². The molecular formula is C16H13FN2O3. The molecule has 0 fully saturated rings. The van der Waals surface area contributed by atoms with Crippen molar-refractivity contribution in [1.29, 1.82) is 0 Å². The van der Waals surface area contributed by atoms with Gasteiger partial charge in [0, 0.05) is 0 Å². The number of rotatable bonds is 3. The second kappa shape index (κ2) is 5.85. The zero-order valence-corrected chi connectivity index (χ0v) is 11.6. The zero-order chi connectivity index (χ0) is 15.5. The fourth-order valence-corrected chi connectivity index (χ4v) is 2.18. The summed E-state index contributed by atoms with van der Waals surface area (Å²) in [6, 6.07) is 11.1. The summed E-state index contributed by atoms with van der Waals surface area (Å²) in [5.74, 6) is -0.492. The van der Waals surface area contributed by atoms with Crippen molar-refractivity contribution in [2.75, 3.05) is 17.2 Å². The molecule has 0 spiro atoms. The average molecular weight is 300 g/mol. The maximum atomic E-state index is 13.5. The number of nitrogens with one attached hydrogen (secondary N) is 2. The number of carbonyl (C=O) groups is 2. The number of fused-ring (bicyclic) bond motifs is 1. The van der Waals surface area contributed by atoms with Crippen molar-refractivity contribution in [1.82, 2.24) is 0 Å². The van der Waals surface area contributed by atoms with E-state index in [4.69, 9.17) is 4.74 Å². The Morgan fingerprint density at radius 3 is 2.91 bits per heavy atom. The van der Waals surface area contributed by atoms with E-state index < -0.39 is 5.82 Å². The summed E-state index contributed by atoms with van der Waals surface area (Å²) < 4.78 is 18.7. The highest BCUT2D eigenvalue weighted by molar-refractivity contribution is 5.96. The number of benzene rings is 2. The summed E-state index contributed by atoms with van der Waals surface area (Å²) in [5.41, 5.74) is 1.37. The first-order valence-corrected chi connectivity index (χ1v) is 6.72. The summed E-state index contributed by atoms with van der Waals surface area (Å²) in [6.07, 6.45) is 0.0669. The van der Waals surface area contributed by atoms with Crippen LogP contribution in [0.5, 0.6) is 5.75 Å². The Kier molecular flexibility index (Phi) is 3.74. The summed E-state index contributed by atoms with van der Waals surface area (Å²) in [5, 5.41) is 5.19. The highest BCUT2D eigenvalue weighted by atomic mass is 19.1. The third-order valence-corrected chi connectivity index (χ3v) is 3.19. The van der Waals surface area contributed by atoms with Crippen molar-refractivity contribution < 1.29 is 18.7 Å². The largest absolute Gasteiger partial charge is 0.482 e. The molecule has 0 bridgehead atoms. The fraction of sp³-hybridized carbons (Fsp3) is 0.125. The van der Waals surface area contributed by atoms with Gasteiger partial charge in [-0.2, -0.15) is 0 Å². The molecule has 112 valence electrons. The zero-order valence-electron chi connectivity index (χ0n) is 11.6. The monoisotopic (exact) mass is 300 g/mol. The predicted molar refractivity (Wildman–Crippen MR) is 79.3 cm³/mol. The van der Waals surface area contributed by atoms with Gasteiger partial charge in [-0.3, -0.25) is 9.59 Å². The Labute approximate surface area is 126 Å². The van der Waals surface area contributed by atoms with E-state index in [-0.39, 0.29) is 30.5 Å². The standard InChI is InChI=1S/C16H13FN2O3/c17-11-3-1-2-4-12(11)18-15(20)8-10-5-6-14-13(7-10)19-16(21)9-22-14/h1-7H,8-9H2,(H,18,20)(H,19,21). The molecule has 0 atom stereocenters. The van der Waals surface area contributed by atoms with Crippen LogP contribution in [0.1, 0.15) is 5.56 Å². The van der Waals surface area contributed by atoms with E-state index in [1.165, 1.54) is 12.1 Å². The fourth-order valence-electron chi connectivity index (χ4n) is 2.18. The van der Waals surface area contributed by atoms with Gasteiger partial charge in [-0.15, -0.1) is 0 Å². The number of para-hydroxylation sites is 1. The minimum Gasteiger partial charge on any atom is -0.482 e. The van der Waals surface area contributed by atoms with E-state index in [1.807, 2.05) is 0 Å². The van der Waals surface area contributed by atoms with E-state index in [0.29, 0.717) is 17.0 Å². The van der Waals surface area contributed by atoms with Crippen LogP contribution in [0.2, 0.25) is 0 Å². The van der Waals surface area contributed by atoms with Crippen LogP contribution in [0, 0.1) is 5.82 Å². The van der Waals surface area contributed by atoms with E-state index in [0.717, 1.165) is 0 Å². The molecule has 3 rings (SSSR count). The number of carbonyl (C=O) groups excluding carboxylic acids is 2. The summed E-state index contributed by atoms with van der Waals surface area (Å²) in [7, 11) is 0. The lowest BCUT2D eigenvalue weighted by molar-refractivity contribution is -0.118. The molecule has 5 nitrogen and oxygen atoms in total. The summed E-state index contributed by atoms with van der Waals surface area (Å²) in [4.78, 5) is 23.3. The molecule has 2 amide bonds. The Morgan fingerprint density at radius 1 is 1.27 bits per heavy atom. The summed E-state index contributed by atoms with van der Waals surface area (Å²) in [6.45, 7) is -0.0138. The molecule has 0 unspecified atom stereocenters. The van der Waals surface area contributed by atoms with Crippen LogP contribution in [0.3, 0.4) is 0 Å². The van der Waals surface area contributed by atoms with Gasteiger partial charge in [0.1, 0.15) is 11.6 Å². The predicted octanol–water partition coefficient (Wildman–Crippen LogP) is 2.34. The Hall–Kier alpha value is -2.89. The van der Waals surface area contributed by atoms with Crippen molar-refractivity contribution in [3.8, 4) is 5.75 Å². The highest BCUT2D eigenvalue weighted by Gasteiger charge is 2.16. The molecule has 0 radical (unpaired) electrons.